The van der Waals surface area contributed by atoms with Crippen molar-refractivity contribution >= 4 is 11.6 Å². The highest BCUT2D eigenvalue weighted by atomic mass is 35.5. The van der Waals surface area contributed by atoms with E-state index < -0.39 is 0 Å². The average molecular weight is 307 g/mol. The normalized spacial score (nSPS) is 30.2. The highest BCUT2D eigenvalue weighted by Gasteiger charge is 2.49. The first-order valence-electron chi connectivity index (χ1n) is 7.95. The van der Waals surface area contributed by atoms with E-state index in [1.165, 1.54) is 17.7 Å². The molecule has 0 spiro atoms. The van der Waals surface area contributed by atoms with E-state index in [0.29, 0.717) is 0 Å². The summed E-state index contributed by atoms with van der Waals surface area (Å²) in [6.45, 7) is 10.00. The molecule has 4 rings (SSSR count). The number of hydrogen-bond acceptors (Lipinski definition) is 3. The number of ether oxygens (including phenoxy) is 1. The van der Waals surface area contributed by atoms with E-state index >= 15 is 0 Å². The van der Waals surface area contributed by atoms with Gasteiger partial charge in [-0.25, -0.2) is 0 Å². The summed E-state index contributed by atoms with van der Waals surface area (Å²) in [4.78, 5) is 2.62. The lowest BCUT2D eigenvalue weighted by molar-refractivity contribution is 0.130. The number of halogens is 1. The molecule has 2 saturated heterocycles. The summed E-state index contributed by atoms with van der Waals surface area (Å²) in [6, 6.07) is 4.15. The molecule has 1 N–H and O–H groups in total. The fourth-order valence-electron chi connectivity index (χ4n) is 4.44. The van der Waals surface area contributed by atoms with Gasteiger partial charge in [0.25, 0.3) is 0 Å². The van der Waals surface area contributed by atoms with Gasteiger partial charge in [0.1, 0.15) is 5.75 Å². The van der Waals surface area contributed by atoms with Gasteiger partial charge in [-0.3, -0.25) is 4.90 Å². The van der Waals surface area contributed by atoms with Crippen molar-refractivity contribution in [3.05, 3.63) is 28.3 Å². The summed E-state index contributed by atoms with van der Waals surface area (Å²) in [7, 11) is 0. The SMILES string of the molecule is CC1(C)C2CNCC2CN1Cc1cc(Cl)cc2c1OCC2. The Morgan fingerprint density at radius 1 is 1.38 bits per heavy atom. The maximum Gasteiger partial charge on any atom is 0.127 e. The lowest BCUT2D eigenvalue weighted by atomic mass is 9.85. The van der Waals surface area contributed by atoms with Gasteiger partial charge in [0.05, 0.1) is 6.61 Å². The highest BCUT2D eigenvalue weighted by Crippen LogP contribution is 2.43. The second-order valence-corrected chi connectivity index (χ2v) is 7.65. The van der Waals surface area contributed by atoms with Crippen molar-refractivity contribution < 1.29 is 4.74 Å². The molecule has 4 heteroatoms. The Morgan fingerprint density at radius 3 is 3.05 bits per heavy atom. The van der Waals surface area contributed by atoms with Gasteiger partial charge in [-0.2, -0.15) is 0 Å². The molecule has 3 aliphatic heterocycles. The van der Waals surface area contributed by atoms with E-state index in [4.69, 9.17) is 16.3 Å². The molecule has 21 heavy (non-hydrogen) atoms. The van der Waals surface area contributed by atoms with Crippen LogP contribution in [-0.2, 0) is 13.0 Å². The van der Waals surface area contributed by atoms with Gasteiger partial charge in [0.15, 0.2) is 0 Å². The maximum absolute atomic E-state index is 6.30. The van der Waals surface area contributed by atoms with Crippen LogP contribution >= 0.6 is 11.6 Å². The van der Waals surface area contributed by atoms with Gasteiger partial charge in [-0.15, -0.1) is 0 Å². The third kappa shape index (κ3) is 2.18. The molecule has 114 valence electrons. The van der Waals surface area contributed by atoms with E-state index in [1.54, 1.807) is 0 Å². The van der Waals surface area contributed by atoms with Gasteiger partial charge < -0.3 is 10.1 Å². The van der Waals surface area contributed by atoms with Gasteiger partial charge in [-0.1, -0.05) is 11.6 Å². The van der Waals surface area contributed by atoms with Gasteiger partial charge >= 0.3 is 0 Å². The van der Waals surface area contributed by atoms with Crippen LogP contribution in [-0.4, -0.2) is 36.7 Å². The van der Waals surface area contributed by atoms with Crippen LogP contribution in [0.15, 0.2) is 12.1 Å². The highest BCUT2D eigenvalue weighted by molar-refractivity contribution is 6.30. The zero-order valence-electron chi connectivity index (χ0n) is 12.8. The number of benzene rings is 1. The minimum atomic E-state index is 0.238. The first-order valence-corrected chi connectivity index (χ1v) is 8.33. The minimum absolute atomic E-state index is 0.238. The molecular weight excluding hydrogens is 284 g/mol. The zero-order valence-corrected chi connectivity index (χ0v) is 13.5. The fourth-order valence-corrected chi connectivity index (χ4v) is 4.71. The third-order valence-electron chi connectivity index (χ3n) is 5.70. The lowest BCUT2D eigenvalue weighted by Gasteiger charge is -2.36. The summed E-state index contributed by atoms with van der Waals surface area (Å²) >= 11 is 6.30. The standard InChI is InChI=1S/C17H23ClN2O/c1-17(2)15-8-19-7-13(15)10-20(17)9-12-6-14(18)5-11-3-4-21-16(11)12/h5-6,13,15,19H,3-4,7-10H2,1-2H3. The van der Waals surface area contributed by atoms with E-state index in [2.05, 4.69) is 36.2 Å². The number of nitrogens with zero attached hydrogens (tertiary/aromatic N) is 1. The zero-order chi connectivity index (χ0) is 14.6. The molecule has 2 fully saturated rings. The van der Waals surface area contributed by atoms with Crippen LogP contribution in [0.4, 0.5) is 0 Å². The number of nitrogens with one attached hydrogen (secondary N) is 1. The lowest BCUT2D eigenvalue weighted by Crippen LogP contribution is -2.43. The smallest absolute Gasteiger partial charge is 0.127 e. The Balaban J connectivity index is 1.62. The number of hydrogen-bond donors (Lipinski definition) is 1. The molecule has 0 amide bonds. The Hall–Kier alpha value is -0.770. The Bertz CT molecular complexity index is 572. The number of likely N-dealkylation sites (tertiary alicyclic amines) is 1. The van der Waals surface area contributed by atoms with Crippen LogP contribution in [0.5, 0.6) is 5.75 Å². The van der Waals surface area contributed by atoms with Crippen LogP contribution in [0.3, 0.4) is 0 Å². The van der Waals surface area contributed by atoms with Crippen molar-refractivity contribution in [2.45, 2.75) is 32.4 Å². The number of fused-ring (bicyclic) bond motifs is 2. The van der Waals surface area contributed by atoms with Crippen molar-refractivity contribution in [2.24, 2.45) is 11.8 Å². The predicted molar refractivity (Wildman–Crippen MR) is 85.0 cm³/mol. The molecule has 2 atom stereocenters. The third-order valence-corrected chi connectivity index (χ3v) is 5.92. The summed E-state index contributed by atoms with van der Waals surface area (Å²) in [6.07, 6.45) is 0.988. The second kappa shape index (κ2) is 4.87. The molecule has 3 aliphatic rings. The average Bonchev–Trinajstić information content (AvgIpc) is 3.09. The van der Waals surface area contributed by atoms with Crippen LogP contribution in [0.1, 0.15) is 25.0 Å². The van der Waals surface area contributed by atoms with Crippen LogP contribution < -0.4 is 10.1 Å². The van der Waals surface area contributed by atoms with Crippen molar-refractivity contribution in [3.63, 3.8) is 0 Å². The molecule has 1 aromatic rings. The molecule has 0 aromatic heterocycles. The topological polar surface area (TPSA) is 24.5 Å². The Morgan fingerprint density at radius 2 is 2.24 bits per heavy atom. The molecular formula is C17H23ClN2O. The molecule has 0 aliphatic carbocycles. The maximum atomic E-state index is 6.30. The molecule has 1 aromatic carbocycles. The van der Waals surface area contributed by atoms with Crippen LogP contribution in [0.2, 0.25) is 5.02 Å². The van der Waals surface area contributed by atoms with Crippen LogP contribution in [0.25, 0.3) is 0 Å². The Labute approximate surface area is 131 Å². The molecule has 2 unspecified atom stereocenters. The van der Waals surface area contributed by atoms with Crippen molar-refractivity contribution in [3.8, 4) is 5.75 Å². The van der Waals surface area contributed by atoms with E-state index in [-0.39, 0.29) is 5.54 Å². The summed E-state index contributed by atoms with van der Waals surface area (Å²) in [5.41, 5.74) is 2.77. The van der Waals surface area contributed by atoms with Crippen molar-refractivity contribution in [1.82, 2.24) is 10.2 Å². The first kappa shape index (κ1) is 13.9. The number of rotatable bonds is 2. The first-order chi connectivity index (χ1) is 10.1. The molecule has 0 saturated carbocycles. The van der Waals surface area contributed by atoms with Crippen LogP contribution in [0, 0.1) is 11.8 Å². The second-order valence-electron chi connectivity index (χ2n) is 7.21. The Kier molecular flexibility index (Phi) is 3.21. The fraction of sp³-hybridized carbons (Fsp3) is 0.647. The largest absolute Gasteiger partial charge is 0.493 e. The molecule has 3 nitrogen and oxygen atoms in total. The molecule has 0 bridgehead atoms. The van der Waals surface area contributed by atoms with E-state index in [0.717, 1.165) is 55.3 Å². The van der Waals surface area contributed by atoms with Gasteiger partial charge in [-0.05, 0) is 49.9 Å². The van der Waals surface area contributed by atoms with Gasteiger partial charge in [0, 0.05) is 42.2 Å². The van der Waals surface area contributed by atoms with Crippen molar-refractivity contribution in [1.29, 1.82) is 0 Å². The summed E-state index contributed by atoms with van der Waals surface area (Å²) in [5.74, 6) is 2.63. The van der Waals surface area contributed by atoms with Gasteiger partial charge in [0.2, 0.25) is 0 Å². The summed E-state index contributed by atoms with van der Waals surface area (Å²) < 4.78 is 5.86. The van der Waals surface area contributed by atoms with Crippen molar-refractivity contribution in [2.75, 3.05) is 26.2 Å². The minimum Gasteiger partial charge on any atom is -0.493 e. The van der Waals surface area contributed by atoms with E-state index in [9.17, 15) is 0 Å². The predicted octanol–water partition coefficient (Wildman–Crippen LogP) is 2.70. The molecule has 0 radical (unpaired) electrons. The molecule has 3 heterocycles. The quantitative estimate of drug-likeness (QED) is 0.909. The monoisotopic (exact) mass is 306 g/mol. The summed E-state index contributed by atoms with van der Waals surface area (Å²) in [5, 5.41) is 4.38. The van der Waals surface area contributed by atoms with E-state index in [1.807, 2.05) is 0 Å².